The molecule has 0 saturated carbocycles. The van der Waals surface area contributed by atoms with Crippen molar-refractivity contribution in [3.8, 4) is 0 Å². The van der Waals surface area contributed by atoms with Crippen LogP contribution in [0, 0.1) is 18.8 Å². The lowest BCUT2D eigenvalue weighted by molar-refractivity contribution is 0.0758. The molecule has 0 bridgehead atoms. The number of nitrogens with zero attached hydrogens (tertiary/aromatic N) is 1. The van der Waals surface area contributed by atoms with Crippen LogP contribution < -0.4 is 0 Å². The second kappa shape index (κ2) is 6.75. The standard InChI is InChI=1S/C17H24BrNO/c1-12(2)14-7-5-10-19(11-9-14)17(20)15-8-4-6-13(3)16(15)18/h4,6,8,12,14H,5,7,9-11H2,1-3H3. The fraction of sp³-hybridized carbons (Fsp3) is 0.588. The maximum absolute atomic E-state index is 12.7. The van der Waals surface area contributed by atoms with Crippen LogP contribution in [0.2, 0.25) is 0 Å². The van der Waals surface area contributed by atoms with E-state index in [0.29, 0.717) is 0 Å². The molecule has 20 heavy (non-hydrogen) atoms. The first-order valence-electron chi connectivity index (χ1n) is 7.55. The average molecular weight is 338 g/mol. The number of halogens is 1. The Morgan fingerprint density at radius 1 is 1.30 bits per heavy atom. The van der Waals surface area contributed by atoms with Crippen molar-refractivity contribution in [1.82, 2.24) is 4.90 Å². The molecule has 2 nitrogen and oxygen atoms in total. The summed E-state index contributed by atoms with van der Waals surface area (Å²) in [6.45, 7) is 8.39. The van der Waals surface area contributed by atoms with Crippen molar-refractivity contribution in [2.45, 2.75) is 40.0 Å². The Bertz CT molecular complexity index is 484. The smallest absolute Gasteiger partial charge is 0.255 e. The fourth-order valence-electron chi connectivity index (χ4n) is 2.97. The number of carbonyl (C=O) groups excluding carboxylic acids is 1. The van der Waals surface area contributed by atoms with E-state index in [0.717, 1.165) is 53.4 Å². The molecule has 1 saturated heterocycles. The number of rotatable bonds is 2. The molecule has 1 heterocycles. The van der Waals surface area contributed by atoms with Gasteiger partial charge in [0, 0.05) is 17.6 Å². The predicted molar refractivity (Wildman–Crippen MR) is 87.0 cm³/mol. The molecule has 1 aromatic rings. The molecule has 110 valence electrons. The number of aryl methyl sites for hydroxylation is 1. The van der Waals surface area contributed by atoms with Crippen LogP contribution in [0.4, 0.5) is 0 Å². The van der Waals surface area contributed by atoms with Gasteiger partial charge >= 0.3 is 0 Å². The lowest BCUT2D eigenvalue weighted by Gasteiger charge is -2.22. The molecule has 1 amide bonds. The van der Waals surface area contributed by atoms with Crippen LogP contribution in [0.25, 0.3) is 0 Å². The minimum absolute atomic E-state index is 0.171. The Hall–Kier alpha value is -0.830. The van der Waals surface area contributed by atoms with E-state index in [9.17, 15) is 4.79 Å². The van der Waals surface area contributed by atoms with E-state index in [1.807, 2.05) is 30.0 Å². The zero-order valence-electron chi connectivity index (χ0n) is 12.7. The number of hydrogen-bond acceptors (Lipinski definition) is 1. The van der Waals surface area contributed by atoms with E-state index >= 15 is 0 Å². The lowest BCUT2D eigenvalue weighted by atomic mass is 9.89. The molecule has 1 unspecified atom stereocenters. The molecule has 1 aliphatic heterocycles. The quantitative estimate of drug-likeness (QED) is 0.768. The van der Waals surface area contributed by atoms with Crippen molar-refractivity contribution in [3.63, 3.8) is 0 Å². The molecule has 1 aliphatic rings. The van der Waals surface area contributed by atoms with E-state index in [2.05, 4.69) is 29.8 Å². The van der Waals surface area contributed by atoms with Gasteiger partial charge in [0.05, 0.1) is 5.56 Å². The summed E-state index contributed by atoms with van der Waals surface area (Å²) in [5, 5.41) is 0. The molecule has 0 aliphatic carbocycles. The molecule has 1 aromatic carbocycles. The molecule has 0 spiro atoms. The molecular weight excluding hydrogens is 314 g/mol. The molecular formula is C17H24BrNO. The summed E-state index contributed by atoms with van der Waals surface area (Å²) in [5.74, 6) is 1.65. The van der Waals surface area contributed by atoms with Gasteiger partial charge in [-0.1, -0.05) is 26.0 Å². The monoisotopic (exact) mass is 337 g/mol. The SMILES string of the molecule is Cc1cccc(C(=O)N2CCCC(C(C)C)CC2)c1Br. The van der Waals surface area contributed by atoms with Crippen molar-refractivity contribution in [2.75, 3.05) is 13.1 Å². The van der Waals surface area contributed by atoms with Crippen LogP contribution in [0.1, 0.15) is 49.0 Å². The third-order valence-corrected chi connectivity index (χ3v) is 5.48. The van der Waals surface area contributed by atoms with Gasteiger partial charge in [-0.25, -0.2) is 0 Å². The van der Waals surface area contributed by atoms with Crippen LogP contribution in [0.5, 0.6) is 0 Å². The summed E-state index contributed by atoms with van der Waals surface area (Å²) in [4.78, 5) is 14.7. The van der Waals surface area contributed by atoms with Gasteiger partial charge in [0.2, 0.25) is 0 Å². The molecule has 0 aromatic heterocycles. The van der Waals surface area contributed by atoms with Crippen molar-refractivity contribution in [2.24, 2.45) is 11.8 Å². The normalized spacial score (nSPS) is 20.1. The average Bonchev–Trinajstić information content (AvgIpc) is 2.67. The zero-order chi connectivity index (χ0) is 14.7. The maximum atomic E-state index is 12.7. The van der Waals surface area contributed by atoms with Crippen molar-refractivity contribution < 1.29 is 4.79 Å². The van der Waals surface area contributed by atoms with Gasteiger partial charge in [-0.2, -0.15) is 0 Å². The molecule has 1 atom stereocenters. The minimum Gasteiger partial charge on any atom is -0.339 e. The first-order chi connectivity index (χ1) is 9.50. The number of carbonyl (C=O) groups is 1. The Balaban J connectivity index is 2.11. The van der Waals surface area contributed by atoms with Crippen molar-refractivity contribution >= 4 is 21.8 Å². The van der Waals surface area contributed by atoms with E-state index in [1.165, 1.54) is 6.42 Å². The Morgan fingerprint density at radius 3 is 2.75 bits per heavy atom. The molecule has 0 radical (unpaired) electrons. The van der Waals surface area contributed by atoms with E-state index in [1.54, 1.807) is 0 Å². The maximum Gasteiger partial charge on any atom is 0.255 e. The highest BCUT2D eigenvalue weighted by atomic mass is 79.9. The largest absolute Gasteiger partial charge is 0.339 e. The molecule has 0 N–H and O–H groups in total. The topological polar surface area (TPSA) is 20.3 Å². The Kier molecular flexibility index (Phi) is 5.25. The van der Waals surface area contributed by atoms with Crippen LogP contribution in [-0.4, -0.2) is 23.9 Å². The van der Waals surface area contributed by atoms with Crippen LogP contribution in [0.3, 0.4) is 0 Å². The van der Waals surface area contributed by atoms with Gasteiger partial charge < -0.3 is 4.90 Å². The minimum atomic E-state index is 0.171. The van der Waals surface area contributed by atoms with E-state index in [4.69, 9.17) is 0 Å². The number of amides is 1. The first-order valence-corrected chi connectivity index (χ1v) is 8.34. The van der Waals surface area contributed by atoms with Gasteiger partial charge in [0.15, 0.2) is 0 Å². The number of likely N-dealkylation sites (tertiary alicyclic amines) is 1. The summed E-state index contributed by atoms with van der Waals surface area (Å²) < 4.78 is 0.939. The summed E-state index contributed by atoms with van der Waals surface area (Å²) in [6, 6.07) is 5.91. The zero-order valence-corrected chi connectivity index (χ0v) is 14.2. The predicted octanol–water partition coefficient (Wildman–Crippen LogP) is 4.66. The van der Waals surface area contributed by atoms with E-state index < -0.39 is 0 Å². The van der Waals surface area contributed by atoms with Crippen molar-refractivity contribution in [3.05, 3.63) is 33.8 Å². The lowest BCUT2D eigenvalue weighted by Crippen LogP contribution is -2.32. The highest BCUT2D eigenvalue weighted by Gasteiger charge is 2.24. The fourth-order valence-corrected chi connectivity index (χ4v) is 3.41. The summed E-state index contributed by atoms with van der Waals surface area (Å²) in [6.07, 6.45) is 3.50. The number of hydrogen-bond donors (Lipinski definition) is 0. The molecule has 2 rings (SSSR count). The van der Waals surface area contributed by atoms with Crippen LogP contribution >= 0.6 is 15.9 Å². The summed E-state index contributed by atoms with van der Waals surface area (Å²) >= 11 is 3.55. The van der Waals surface area contributed by atoms with Gasteiger partial charge in [-0.15, -0.1) is 0 Å². The summed E-state index contributed by atoms with van der Waals surface area (Å²) in [7, 11) is 0. The van der Waals surface area contributed by atoms with E-state index in [-0.39, 0.29) is 5.91 Å². The Labute approximate surface area is 130 Å². The van der Waals surface area contributed by atoms with Crippen LogP contribution in [-0.2, 0) is 0 Å². The first kappa shape index (κ1) is 15.6. The third kappa shape index (κ3) is 3.43. The number of benzene rings is 1. The Morgan fingerprint density at radius 2 is 2.05 bits per heavy atom. The van der Waals surface area contributed by atoms with Gasteiger partial charge in [-0.3, -0.25) is 4.79 Å². The third-order valence-electron chi connectivity index (χ3n) is 4.42. The van der Waals surface area contributed by atoms with Gasteiger partial charge in [0.1, 0.15) is 0 Å². The molecule has 3 heteroatoms. The van der Waals surface area contributed by atoms with Gasteiger partial charge in [0.25, 0.3) is 5.91 Å². The summed E-state index contributed by atoms with van der Waals surface area (Å²) in [5.41, 5.74) is 1.92. The highest BCUT2D eigenvalue weighted by Crippen LogP contribution is 2.27. The highest BCUT2D eigenvalue weighted by molar-refractivity contribution is 9.10. The second-order valence-electron chi connectivity index (χ2n) is 6.16. The molecule has 1 fully saturated rings. The second-order valence-corrected chi connectivity index (χ2v) is 6.96. The van der Waals surface area contributed by atoms with Crippen LogP contribution in [0.15, 0.2) is 22.7 Å². The van der Waals surface area contributed by atoms with Gasteiger partial charge in [-0.05, 0) is 65.6 Å². The van der Waals surface area contributed by atoms with Crippen molar-refractivity contribution in [1.29, 1.82) is 0 Å².